The number of hydrogen-bond donors (Lipinski definition) is 0. The van der Waals surface area contributed by atoms with E-state index in [1.807, 2.05) is 12.2 Å². The van der Waals surface area contributed by atoms with Crippen molar-refractivity contribution in [2.75, 3.05) is 0 Å². The van der Waals surface area contributed by atoms with E-state index >= 15 is 0 Å². The van der Waals surface area contributed by atoms with Gasteiger partial charge in [0, 0.05) is 0 Å². The Bertz CT molecular complexity index is 147. The van der Waals surface area contributed by atoms with Crippen molar-refractivity contribution in [1.82, 2.24) is 0 Å². The second-order valence-electron chi connectivity index (χ2n) is 2.44. The van der Waals surface area contributed by atoms with Crippen LogP contribution >= 0.6 is 0 Å². The Balaban J connectivity index is 2.33. The molecule has 9 heavy (non-hydrogen) atoms. The Morgan fingerprint density at radius 2 is 2.11 bits per heavy atom. The monoisotopic (exact) mass is 120 g/mol. The first-order valence-electron chi connectivity index (χ1n) is 3.32. The number of rotatable bonds is 3. The van der Waals surface area contributed by atoms with Crippen molar-refractivity contribution < 1.29 is 0 Å². The Morgan fingerprint density at radius 3 is 2.56 bits per heavy atom. The third kappa shape index (κ3) is 1.88. The van der Waals surface area contributed by atoms with Crippen LogP contribution in [0.1, 0.15) is 12.8 Å². The van der Waals surface area contributed by atoms with Crippen molar-refractivity contribution in [3.8, 4) is 0 Å². The van der Waals surface area contributed by atoms with E-state index in [1.54, 1.807) is 6.08 Å². The van der Waals surface area contributed by atoms with Gasteiger partial charge in [0.25, 0.3) is 0 Å². The smallest absolute Gasteiger partial charge is 0.0167 e. The first kappa shape index (κ1) is 6.34. The maximum absolute atomic E-state index is 3.92. The van der Waals surface area contributed by atoms with Crippen molar-refractivity contribution in [2.24, 2.45) is 5.92 Å². The van der Waals surface area contributed by atoms with Gasteiger partial charge in [-0.25, -0.2) is 0 Å². The van der Waals surface area contributed by atoms with Crippen LogP contribution in [-0.2, 0) is 0 Å². The lowest BCUT2D eigenvalue weighted by Gasteiger charge is -1.89. The third-order valence-corrected chi connectivity index (χ3v) is 1.55. The molecule has 1 rings (SSSR count). The van der Waals surface area contributed by atoms with Crippen LogP contribution in [0.25, 0.3) is 0 Å². The fourth-order valence-electron chi connectivity index (χ4n) is 0.782. The Hall–Kier alpha value is -0.780. The van der Waals surface area contributed by atoms with Crippen LogP contribution in [0.2, 0.25) is 0 Å². The van der Waals surface area contributed by atoms with Gasteiger partial charge in [-0.1, -0.05) is 37.0 Å². The summed E-state index contributed by atoms with van der Waals surface area (Å²) in [6, 6.07) is 0. The van der Waals surface area contributed by atoms with E-state index < -0.39 is 0 Å². The minimum atomic E-state index is 0.793. The first-order valence-corrected chi connectivity index (χ1v) is 3.32. The molecule has 0 radical (unpaired) electrons. The van der Waals surface area contributed by atoms with Crippen molar-refractivity contribution in [1.29, 1.82) is 0 Å². The highest BCUT2D eigenvalue weighted by Crippen LogP contribution is 2.35. The molecule has 1 aliphatic rings. The van der Waals surface area contributed by atoms with Crippen LogP contribution in [0.4, 0.5) is 0 Å². The van der Waals surface area contributed by atoms with Gasteiger partial charge < -0.3 is 0 Å². The molecule has 0 bridgehead atoms. The predicted molar refractivity (Wildman–Crippen MR) is 41.2 cm³/mol. The molecule has 0 unspecified atom stereocenters. The predicted octanol–water partition coefficient (Wildman–Crippen LogP) is 2.69. The quantitative estimate of drug-likeness (QED) is 0.502. The van der Waals surface area contributed by atoms with Crippen LogP contribution in [-0.4, -0.2) is 0 Å². The molecule has 0 aromatic rings. The molecule has 0 aromatic carbocycles. The SMILES string of the molecule is C=CC=CC(=C)C1CC1. The number of hydrogen-bond acceptors (Lipinski definition) is 0. The molecule has 0 nitrogen and oxygen atoms in total. The highest BCUT2D eigenvalue weighted by molar-refractivity contribution is 5.23. The van der Waals surface area contributed by atoms with Crippen molar-refractivity contribution in [2.45, 2.75) is 12.8 Å². The number of allylic oxidation sites excluding steroid dienone is 4. The lowest BCUT2D eigenvalue weighted by molar-refractivity contribution is 1.06. The zero-order valence-electron chi connectivity index (χ0n) is 5.64. The average molecular weight is 120 g/mol. The summed E-state index contributed by atoms with van der Waals surface area (Å²) in [6.45, 7) is 7.50. The highest BCUT2D eigenvalue weighted by atomic mass is 14.3. The van der Waals surface area contributed by atoms with Gasteiger partial charge in [0.1, 0.15) is 0 Å². The summed E-state index contributed by atoms with van der Waals surface area (Å²) in [5.74, 6) is 0.793. The van der Waals surface area contributed by atoms with E-state index in [2.05, 4.69) is 13.2 Å². The van der Waals surface area contributed by atoms with Crippen molar-refractivity contribution in [3.05, 3.63) is 37.0 Å². The van der Waals surface area contributed by atoms with E-state index in [4.69, 9.17) is 0 Å². The van der Waals surface area contributed by atoms with Gasteiger partial charge >= 0.3 is 0 Å². The summed E-state index contributed by atoms with van der Waals surface area (Å²) in [7, 11) is 0. The zero-order chi connectivity index (χ0) is 6.69. The minimum absolute atomic E-state index is 0.793. The summed E-state index contributed by atoms with van der Waals surface area (Å²) < 4.78 is 0. The van der Waals surface area contributed by atoms with Gasteiger partial charge in [0.2, 0.25) is 0 Å². The van der Waals surface area contributed by atoms with Gasteiger partial charge in [-0.2, -0.15) is 0 Å². The Morgan fingerprint density at radius 1 is 1.44 bits per heavy atom. The molecule has 0 saturated heterocycles. The molecular weight excluding hydrogens is 108 g/mol. The molecule has 0 heterocycles. The first-order chi connectivity index (χ1) is 4.34. The van der Waals surface area contributed by atoms with Gasteiger partial charge in [0.05, 0.1) is 0 Å². The molecule has 0 N–H and O–H groups in total. The van der Waals surface area contributed by atoms with Crippen molar-refractivity contribution in [3.63, 3.8) is 0 Å². The van der Waals surface area contributed by atoms with Gasteiger partial charge in [-0.05, 0) is 18.8 Å². The van der Waals surface area contributed by atoms with Crippen molar-refractivity contribution >= 4 is 0 Å². The van der Waals surface area contributed by atoms with Crippen LogP contribution < -0.4 is 0 Å². The van der Waals surface area contributed by atoms with E-state index in [1.165, 1.54) is 18.4 Å². The molecule has 0 amide bonds. The van der Waals surface area contributed by atoms with E-state index in [9.17, 15) is 0 Å². The molecule has 48 valence electrons. The molecule has 1 aliphatic carbocycles. The standard InChI is InChI=1S/C9H12/c1-3-4-5-8(2)9-6-7-9/h3-5,9H,1-2,6-7H2. The third-order valence-electron chi connectivity index (χ3n) is 1.55. The normalized spacial score (nSPS) is 18.2. The lowest BCUT2D eigenvalue weighted by Crippen LogP contribution is -1.74. The minimum Gasteiger partial charge on any atom is -0.0991 e. The second-order valence-corrected chi connectivity index (χ2v) is 2.44. The molecule has 0 aromatic heterocycles. The van der Waals surface area contributed by atoms with Crippen LogP contribution in [0.5, 0.6) is 0 Å². The summed E-state index contributed by atoms with van der Waals surface area (Å²) in [4.78, 5) is 0. The molecule has 0 atom stereocenters. The van der Waals surface area contributed by atoms with Gasteiger partial charge in [-0.15, -0.1) is 0 Å². The molecule has 0 spiro atoms. The maximum Gasteiger partial charge on any atom is -0.0167 e. The largest absolute Gasteiger partial charge is 0.0991 e. The topological polar surface area (TPSA) is 0 Å². The van der Waals surface area contributed by atoms with Crippen LogP contribution in [0.15, 0.2) is 37.0 Å². The van der Waals surface area contributed by atoms with Gasteiger partial charge in [0.15, 0.2) is 0 Å². The van der Waals surface area contributed by atoms with E-state index in [-0.39, 0.29) is 0 Å². The lowest BCUT2D eigenvalue weighted by atomic mass is 10.2. The molecule has 0 heteroatoms. The maximum atomic E-state index is 3.92. The van der Waals surface area contributed by atoms with E-state index in [0.717, 1.165) is 5.92 Å². The molecule has 1 fully saturated rings. The summed E-state index contributed by atoms with van der Waals surface area (Å²) >= 11 is 0. The van der Waals surface area contributed by atoms with E-state index in [0.29, 0.717) is 0 Å². The summed E-state index contributed by atoms with van der Waals surface area (Å²) in [5.41, 5.74) is 1.26. The van der Waals surface area contributed by atoms with Gasteiger partial charge in [-0.3, -0.25) is 0 Å². The summed E-state index contributed by atoms with van der Waals surface area (Å²) in [5, 5.41) is 0. The Labute approximate surface area is 56.6 Å². The zero-order valence-corrected chi connectivity index (χ0v) is 5.64. The Kier molecular flexibility index (Phi) is 1.88. The van der Waals surface area contributed by atoms with Crippen LogP contribution in [0.3, 0.4) is 0 Å². The van der Waals surface area contributed by atoms with Crippen LogP contribution in [0, 0.1) is 5.92 Å². The average Bonchev–Trinajstić information content (AvgIpc) is 2.63. The highest BCUT2D eigenvalue weighted by Gasteiger charge is 2.22. The fraction of sp³-hybridized carbons (Fsp3) is 0.333. The molecule has 0 aliphatic heterocycles. The fourth-order valence-corrected chi connectivity index (χ4v) is 0.782. The molecular formula is C9H12. The summed E-state index contributed by atoms with van der Waals surface area (Å²) in [6.07, 6.45) is 8.44. The molecule has 1 saturated carbocycles. The second kappa shape index (κ2) is 2.67.